The Bertz CT molecular complexity index is 520. The van der Waals surface area contributed by atoms with Crippen LogP contribution in [0.5, 0.6) is 0 Å². The molecule has 2 aromatic carbocycles. The topological polar surface area (TPSA) is 49.3 Å². The van der Waals surface area contributed by atoms with Crippen molar-refractivity contribution in [2.75, 3.05) is 12.7 Å². The summed E-state index contributed by atoms with van der Waals surface area (Å²) in [4.78, 5) is 8.83. The fraction of sp³-hybridized carbons (Fsp3) is 0.333. The van der Waals surface area contributed by atoms with Crippen LogP contribution in [-0.4, -0.2) is 17.6 Å². The fourth-order valence-electron chi connectivity index (χ4n) is 2.54. The lowest BCUT2D eigenvalue weighted by Crippen LogP contribution is -2.23. The van der Waals surface area contributed by atoms with Crippen molar-refractivity contribution in [3.63, 3.8) is 0 Å². The number of unbranched alkanes of at least 4 members (excludes halogenated alkanes) is 2. The van der Waals surface area contributed by atoms with Gasteiger partial charge in [-0.2, -0.15) is 0 Å². The summed E-state index contributed by atoms with van der Waals surface area (Å²) in [6, 6.07) is 21.1. The Hall–Kier alpha value is -1.41. The zero-order chi connectivity index (χ0) is 15.6. The maximum Gasteiger partial charge on any atom is 0.189 e. The lowest BCUT2D eigenvalue weighted by Gasteiger charge is -2.20. The zero-order valence-corrected chi connectivity index (χ0v) is 13.7. The Balaban J connectivity index is 1.91. The van der Waals surface area contributed by atoms with E-state index >= 15 is 0 Å². The highest BCUT2D eigenvalue weighted by atomic mass is 31.1. The minimum Gasteiger partial charge on any atom is -0.346 e. The maximum absolute atomic E-state index is 10.7. The van der Waals surface area contributed by atoms with E-state index < -0.39 is 8.03 Å². The molecule has 0 radical (unpaired) electrons. The van der Waals surface area contributed by atoms with Crippen LogP contribution in [0.1, 0.15) is 36.4 Å². The third kappa shape index (κ3) is 5.76. The smallest absolute Gasteiger partial charge is 0.189 e. The van der Waals surface area contributed by atoms with Crippen LogP contribution in [0.2, 0.25) is 0 Å². The molecule has 0 saturated heterocycles. The molecule has 0 heterocycles. The first-order valence-corrected chi connectivity index (χ1v) is 9.38. The van der Waals surface area contributed by atoms with Gasteiger partial charge < -0.3 is 10.2 Å². The molecule has 0 aromatic heterocycles. The number of nitrogens with one attached hydrogen (secondary N) is 1. The average molecular weight is 317 g/mol. The van der Waals surface area contributed by atoms with Gasteiger partial charge in [0.25, 0.3) is 0 Å². The molecule has 0 bridgehead atoms. The van der Waals surface area contributed by atoms with E-state index in [9.17, 15) is 4.57 Å². The van der Waals surface area contributed by atoms with Crippen molar-refractivity contribution in [3.8, 4) is 0 Å². The Morgan fingerprint density at radius 2 is 1.41 bits per heavy atom. The van der Waals surface area contributed by atoms with Gasteiger partial charge in [-0.25, -0.2) is 0 Å². The SMILES string of the molecule is O=[PH](O)CCCCCNC(c1ccccc1)c1ccccc1. The monoisotopic (exact) mass is 317 g/mol. The van der Waals surface area contributed by atoms with Gasteiger partial charge >= 0.3 is 0 Å². The van der Waals surface area contributed by atoms with Crippen LogP contribution in [0.4, 0.5) is 0 Å². The molecule has 3 nitrogen and oxygen atoms in total. The molecule has 0 spiro atoms. The number of rotatable bonds is 9. The first-order valence-electron chi connectivity index (χ1n) is 7.82. The Morgan fingerprint density at radius 3 is 1.91 bits per heavy atom. The third-order valence-electron chi connectivity index (χ3n) is 3.68. The van der Waals surface area contributed by atoms with E-state index in [1.54, 1.807) is 0 Å². The van der Waals surface area contributed by atoms with Gasteiger partial charge in [-0.15, -0.1) is 0 Å². The quantitative estimate of drug-likeness (QED) is 0.543. The van der Waals surface area contributed by atoms with Gasteiger partial charge in [0.1, 0.15) is 0 Å². The van der Waals surface area contributed by atoms with Gasteiger partial charge in [-0.05, 0) is 30.5 Å². The normalized spacial score (nSPS) is 12.5. The highest BCUT2D eigenvalue weighted by Crippen LogP contribution is 2.22. The van der Waals surface area contributed by atoms with E-state index in [-0.39, 0.29) is 6.04 Å². The summed E-state index contributed by atoms with van der Waals surface area (Å²) in [6.07, 6.45) is 3.29. The molecule has 0 aliphatic carbocycles. The molecule has 0 aliphatic rings. The molecule has 1 atom stereocenters. The summed E-state index contributed by atoms with van der Waals surface area (Å²) in [5.74, 6) is 0. The van der Waals surface area contributed by atoms with E-state index in [0.717, 1.165) is 25.8 Å². The molecule has 4 heteroatoms. The number of hydrogen-bond acceptors (Lipinski definition) is 2. The Labute approximate surface area is 133 Å². The van der Waals surface area contributed by atoms with E-state index in [1.165, 1.54) is 11.1 Å². The van der Waals surface area contributed by atoms with Crippen molar-refractivity contribution in [2.24, 2.45) is 0 Å². The van der Waals surface area contributed by atoms with Crippen molar-refractivity contribution in [1.29, 1.82) is 0 Å². The standard InChI is InChI=1S/C18H24NO2P/c20-22(21)15-9-3-8-14-19-18(16-10-4-1-5-11-16)17-12-6-2-7-13-17/h1-2,4-7,10-13,18-19,22H,3,8-9,14-15H2,(H,20,21). The predicted molar refractivity (Wildman–Crippen MR) is 92.7 cm³/mol. The highest BCUT2D eigenvalue weighted by molar-refractivity contribution is 7.37. The van der Waals surface area contributed by atoms with Crippen LogP contribution in [0, 0.1) is 0 Å². The third-order valence-corrected chi connectivity index (χ3v) is 4.46. The number of hydrogen-bond donors (Lipinski definition) is 2. The second-order valence-corrected chi connectivity index (χ2v) is 6.70. The van der Waals surface area contributed by atoms with Crippen molar-refractivity contribution >= 4 is 8.03 Å². The highest BCUT2D eigenvalue weighted by Gasteiger charge is 2.12. The van der Waals surface area contributed by atoms with Gasteiger partial charge in [-0.1, -0.05) is 67.1 Å². The molecule has 0 saturated carbocycles. The molecular weight excluding hydrogens is 293 g/mol. The predicted octanol–water partition coefficient (Wildman–Crippen LogP) is 4.00. The van der Waals surface area contributed by atoms with Crippen molar-refractivity contribution < 1.29 is 9.46 Å². The molecule has 2 aromatic rings. The Morgan fingerprint density at radius 1 is 0.864 bits per heavy atom. The van der Waals surface area contributed by atoms with Crippen LogP contribution in [0.15, 0.2) is 60.7 Å². The first-order chi connectivity index (χ1) is 10.8. The summed E-state index contributed by atoms with van der Waals surface area (Å²) < 4.78 is 10.7. The minimum absolute atomic E-state index is 0.194. The molecular formula is C18H24NO2P. The second-order valence-electron chi connectivity index (χ2n) is 5.41. The lowest BCUT2D eigenvalue weighted by atomic mass is 9.98. The van der Waals surface area contributed by atoms with E-state index in [4.69, 9.17) is 4.89 Å². The largest absolute Gasteiger partial charge is 0.346 e. The van der Waals surface area contributed by atoms with E-state index in [1.807, 2.05) is 12.1 Å². The summed E-state index contributed by atoms with van der Waals surface area (Å²) in [7, 11) is -2.29. The molecule has 0 amide bonds. The molecule has 1 unspecified atom stereocenters. The minimum atomic E-state index is -2.29. The molecule has 22 heavy (non-hydrogen) atoms. The summed E-state index contributed by atoms with van der Waals surface area (Å²) in [6.45, 7) is 0.904. The van der Waals surface area contributed by atoms with Gasteiger partial charge in [0.15, 0.2) is 8.03 Å². The first kappa shape index (κ1) is 17.0. The molecule has 2 rings (SSSR count). The molecule has 0 aliphatic heterocycles. The summed E-state index contributed by atoms with van der Waals surface area (Å²) in [5.41, 5.74) is 2.52. The summed E-state index contributed by atoms with van der Waals surface area (Å²) >= 11 is 0. The van der Waals surface area contributed by atoms with Gasteiger partial charge in [0.05, 0.1) is 6.04 Å². The fourth-order valence-corrected chi connectivity index (χ4v) is 3.10. The zero-order valence-electron chi connectivity index (χ0n) is 12.7. The average Bonchev–Trinajstić information content (AvgIpc) is 2.55. The lowest BCUT2D eigenvalue weighted by molar-refractivity contribution is 0.498. The molecule has 2 N–H and O–H groups in total. The maximum atomic E-state index is 10.7. The van der Waals surface area contributed by atoms with Gasteiger partial charge in [0.2, 0.25) is 0 Å². The van der Waals surface area contributed by atoms with Crippen LogP contribution >= 0.6 is 8.03 Å². The second kappa shape index (κ2) is 9.58. The van der Waals surface area contributed by atoms with Gasteiger partial charge in [0, 0.05) is 6.16 Å². The van der Waals surface area contributed by atoms with E-state index in [0.29, 0.717) is 6.16 Å². The Kier molecular flexibility index (Phi) is 7.38. The molecule has 118 valence electrons. The van der Waals surface area contributed by atoms with Crippen LogP contribution in [0.3, 0.4) is 0 Å². The van der Waals surface area contributed by atoms with Gasteiger partial charge in [-0.3, -0.25) is 4.57 Å². The van der Waals surface area contributed by atoms with Crippen molar-refractivity contribution in [3.05, 3.63) is 71.8 Å². The summed E-state index contributed by atoms with van der Waals surface area (Å²) in [5, 5.41) is 3.61. The van der Waals surface area contributed by atoms with Crippen LogP contribution in [0.25, 0.3) is 0 Å². The van der Waals surface area contributed by atoms with E-state index in [2.05, 4.69) is 53.8 Å². The molecule has 0 fully saturated rings. The van der Waals surface area contributed by atoms with Crippen LogP contribution < -0.4 is 5.32 Å². The van der Waals surface area contributed by atoms with Crippen molar-refractivity contribution in [1.82, 2.24) is 5.32 Å². The number of benzene rings is 2. The van der Waals surface area contributed by atoms with Crippen molar-refractivity contribution in [2.45, 2.75) is 25.3 Å². The van der Waals surface area contributed by atoms with Crippen LogP contribution in [-0.2, 0) is 4.57 Å².